The lowest BCUT2D eigenvalue weighted by molar-refractivity contribution is 0.0947. The highest BCUT2D eigenvalue weighted by molar-refractivity contribution is 5.96. The Morgan fingerprint density at radius 3 is 2.74 bits per heavy atom. The largest absolute Gasteiger partial charge is 0.397 e. The lowest BCUT2D eigenvalue weighted by Crippen LogP contribution is -2.24. The van der Waals surface area contributed by atoms with Crippen molar-refractivity contribution in [2.24, 2.45) is 0 Å². The van der Waals surface area contributed by atoms with Gasteiger partial charge in [0.2, 0.25) is 0 Å². The summed E-state index contributed by atoms with van der Waals surface area (Å²) in [5.74, 6) is -2.35. The zero-order valence-electron chi connectivity index (χ0n) is 9.86. The van der Waals surface area contributed by atoms with E-state index in [1.165, 1.54) is 12.3 Å². The molecule has 0 atom stereocenters. The van der Waals surface area contributed by atoms with Gasteiger partial charge in [-0.3, -0.25) is 4.79 Å². The topological polar surface area (TPSA) is 68.0 Å². The fourth-order valence-electron chi connectivity index (χ4n) is 1.52. The number of nitrogens with zero attached hydrogens (tertiary/aromatic N) is 1. The van der Waals surface area contributed by atoms with Gasteiger partial charge in [-0.2, -0.15) is 0 Å². The maximum atomic E-state index is 13.0. The molecule has 2 rings (SSSR count). The molecule has 0 spiro atoms. The molecule has 0 radical (unpaired) electrons. The van der Waals surface area contributed by atoms with Gasteiger partial charge in [0.15, 0.2) is 17.3 Å². The first kappa shape index (κ1) is 12.9. The number of carbonyl (C=O) groups is 1. The normalized spacial score (nSPS) is 10.2. The molecule has 0 saturated heterocycles. The van der Waals surface area contributed by atoms with Gasteiger partial charge in [-0.25, -0.2) is 13.8 Å². The number of nitrogens with one attached hydrogen (secondary N) is 1. The second-order valence-electron chi connectivity index (χ2n) is 3.87. The summed E-state index contributed by atoms with van der Waals surface area (Å²) in [5.41, 5.74) is 6.40. The molecule has 0 aliphatic rings. The average molecular weight is 263 g/mol. The Kier molecular flexibility index (Phi) is 3.70. The maximum absolute atomic E-state index is 13.0. The third kappa shape index (κ3) is 3.04. The number of amides is 1. The Balaban J connectivity index is 2.04. The average Bonchev–Trinajstić information content (AvgIpc) is 2.40. The minimum atomic E-state index is -0.955. The van der Waals surface area contributed by atoms with E-state index in [-0.39, 0.29) is 17.9 Å². The third-order valence-corrected chi connectivity index (χ3v) is 2.49. The minimum absolute atomic E-state index is 0.0616. The molecule has 0 aliphatic carbocycles. The number of aromatic nitrogens is 1. The summed E-state index contributed by atoms with van der Waals surface area (Å²) in [6.45, 7) is 0.0616. The predicted octanol–water partition coefficient (Wildman–Crippen LogP) is 1.87. The first-order chi connectivity index (χ1) is 9.08. The molecule has 1 heterocycles. The van der Waals surface area contributed by atoms with Gasteiger partial charge in [-0.15, -0.1) is 0 Å². The highest BCUT2D eigenvalue weighted by Gasteiger charge is 2.10. The van der Waals surface area contributed by atoms with Crippen molar-refractivity contribution in [1.29, 1.82) is 0 Å². The van der Waals surface area contributed by atoms with Crippen LogP contribution in [0.5, 0.6) is 0 Å². The SMILES string of the molecule is Nc1cccnc1C(=O)NCc1ccc(F)c(F)c1. The molecule has 1 aromatic heterocycles. The van der Waals surface area contributed by atoms with Crippen LogP contribution >= 0.6 is 0 Å². The van der Waals surface area contributed by atoms with E-state index >= 15 is 0 Å². The highest BCUT2D eigenvalue weighted by atomic mass is 19.2. The molecule has 0 unspecified atom stereocenters. The molecule has 1 amide bonds. The first-order valence-electron chi connectivity index (χ1n) is 5.50. The van der Waals surface area contributed by atoms with Crippen LogP contribution < -0.4 is 11.1 Å². The molecular formula is C13H11F2N3O. The van der Waals surface area contributed by atoms with Crippen LogP contribution in [0.2, 0.25) is 0 Å². The molecule has 2 aromatic rings. The highest BCUT2D eigenvalue weighted by Crippen LogP contribution is 2.10. The van der Waals surface area contributed by atoms with Gasteiger partial charge in [-0.05, 0) is 29.8 Å². The van der Waals surface area contributed by atoms with Crippen molar-refractivity contribution in [3.05, 3.63) is 59.4 Å². The fraction of sp³-hybridized carbons (Fsp3) is 0.0769. The van der Waals surface area contributed by atoms with Gasteiger partial charge in [0.25, 0.3) is 5.91 Å². The van der Waals surface area contributed by atoms with Crippen molar-refractivity contribution in [2.75, 3.05) is 5.73 Å². The number of anilines is 1. The molecule has 0 fully saturated rings. The lowest BCUT2D eigenvalue weighted by Gasteiger charge is -2.06. The van der Waals surface area contributed by atoms with Crippen molar-refractivity contribution >= 4 is 11.6 Å². The number of rotatable bonds is 3. The van der Waals surface area contributed by atoms with Crippen molar-refractivity contribution in [1.82, 2.24) is 10.3 Å². The number of pyridine rings is 1. The summed E-state index contributed by atoms with van der Waals surface area (Å²) in [5, 5.41) is 2.53. The van der Waals surface area contributed by atoms with E-state index in [4.69, 9.17) is 5.73 Å². The summed E-state index contributed by atoms with van der Waals surface area (Å²) >= 11 is 0. The van der Waals surface area contributed by atoms with Gasteiger partial charge in [0.1, 0.15) is 0 Å². The van der Waals surface area contributed by atoms with Gasteiger partial charge in [0, 0.05) is 12.7 Å². The van der Waals surface area contributed by atoms with Crippen molar-refractivity contribution in [3.63, 3.8) is 0 Å². The number of nitrogens with two attached hydrogens (primary N) is 1. The molecule has 4 nitrogen and oxygen atoms in total. The summed E-state index contributed by atoms with van der Waals surface area (Å²) in [4.78, 5) is 15.6. The van der Waals surface area contributed by atoms with Gasteiger partial charge >= 0.3 is 0 Å². The zero-order chi connectivity index (χ0) is 13.8. The van der Waals surface area contributed by atoms with E-state index in [1.807, 2.05) is 0 Å². The quantitative estimate of drug-likeness (QED) is 0.888. The molecule has 0 aliphatic heterocycles. The number of benzene rings is 1. The van der Waals surface area contributed by atoms with Crippen LogP contribution in [0.3, 0.4) is 0 Å². The summed E-state index contributed by atoms with van der Waals surface area (Å²) in [7, 11) is 0. The molecule has 3 N–H and O–H groups in total. The summed E-state index contributed by atoms with van der Waals surface area (Å²) < 4.78 is 25.7. The Morgan fingerprint density at radius 1 is 1.26 bits per heavy atom. The standard InChI is InChI=1S/C13H11F2N3O/c14-9-4-3-8(6-10(9)15)7-18-13(19)12-11(16)2-1-5-17-12/h1-6H,7,16H2,(H,18,19). The molecule has 6 heteroatoms. The first-order valence-corrected chi connectivity index (χ1v) is 5.50. The van der Waals surface area contributed by atoms with Crippen molar-refractivity contribution < 1.29 is 13.6 Å². The van der Waals surface area contributed by atoms with Crippen LogP contribution in [0.1, 0.15) is 16.1 Å². The lowest BCUT2D eigenvalue weighted by atomic mass is 10.2. The maximum Gasteiger partial charge on any atom is 0.272 e. The van der Waals surface area contributed by atoms with Crippen LogP contribution in [0.25, 0.3) is 0 Å². The molecule has 0 saturated carbocycles. The van der Waals surface area contributed by atoms with E-state index in [1.54, 1.807) is 12.1 Å². The molecule has 1 aromatic carbocycles. The number of carbonyl (C=O) groups excluding carboxylic acids is 1. The number of halogens is 2. The number of hydrogen-bond donors (Lipinski definition) is 2. The zero-order valence-corrected chi connectivity index (χ0v) is 9.86. The molecule has 98 valence electrons. The Morgan fingerprint density at radius 2 is 2.05 bits per heavy atom. The summed E-state index contributed by atoms with van der Waals surface area (Å²) in [6.07, 6.45) is 1.45. The van der Waals surface area contributed by atoms with E-state index in [0.29, 0.717) is 5.56 Å². The third-order valence-electron chi connectivity index (χ3n) is 2.49. The second kappa shape index (κ2) is 5.43. The Bertz CT molecular complexity index is 617. The molecule has 0 bridgehead atoms. The van der Waals surface area contributed by atoms with Gasteiger partial charge in [0.05, 0.1) is 5.69 Å². The smallest absolute Gasteiger partial charge is 0.272 e. The number of hydrogen-bond acceptors (Lipinski definition) is 3. The van der Waals surface area contributed by atoms with Crippen LogP contribution in [-0.4, -0.2) is 10.9 Å². The number of nitrogen functional groups attached to an aromatic ring is 1. The monoisotopic (exact) mass is 263 g/mol. The second-order valence-corrected chi connectivity index (χ2v) is 3.87. The summed E-state index contributed by atoms with van der Waals surface area (Å²) in [6, 6.07) is 6.59. The molecular weight excluding hydrogens is 252 g/mol. The Labute approximate surface area is 108 Å². The van der Waals surface area contributed by atoms with E-state index in [0.717, 1.165) is 12.1 Å². The van der Waals surface area contributed by atoms with Crippen molar-refractivity contribution in [2.45, 2.75) is 6.54 Å². The van der Waals surface area contributed by atoms with Crippen molar-refractivity contribution in [3.8, 4) is 0 Å². The van der Waals surface area contributed by atoms with Crippen LogP contribution in [0.15, 0.2) is 36.5 Å². The minimum Gasteiger partial charge on any atom is -0.397 e. The Hall–Kier alpha value is -2.50. The van der Waals surface area contributed by atoms with E-state index < -0.39 is 17.5 Å². The van der Waals surface area contributed by atoms with E-state index in [9.17, 15) is 13.6 Å². The van der Waals surface area contributed by atoms with Crippen LogP contribution in [0, 0.1) is 11.6 Å². The fourth-order valence-corrected chi connectivity index (χ4v) is 1.52. The van der Waals surface area contributed by atoms with Gasteiger partial charge < -0.3 is 11.1 Å². The predicted molar refractivity (Wildman–Crippen MR) is 66.2 cm³/mol. The molecule has 19 heavy (non-hydrogen) atoms. The van der Waals surface area contributed by atoms with Crippen LogP contribution in [0.4, 0.5) is 14.5 Å². The van der Waals surface area contributed by atoms with Gasteiger partial charge in [-0.1, -0.05) is 6.07 Å². The van der Waals surface area contributed by atoms with E-state index in [2.05, 4.69) is 10.3 Å². The van der Waals surface area contributed by atoms with Crippen LogP contribution in [-0.2, 0) is 6.54 Å².